The zero-order valence-corrected chi connectivity index (χ0v) is 13.6. The van der Waals surface area contributed by atoms with Crippen LogP contribution in [0.5, 0.6) is 0 Å². The second-order valence-electron chi connectivity index (χ2n) is 6.36. The number of hydrogen-bond donors (Lipinski definition) is 1. The summed E-state index contributed by atoms with van der Waals surface area (Å²) in [6.45, 7) is 3.97. The predicted molar refractivity (Wildman–Crippen MR) is 89.5 cm³/mol. The number of aromatic nitrogens is 1. The van der Waals surface area contributed by atoms with Crippen molar-refractivity contribution in [2.45, 2.75) is 25.4 Å². The molecule has 1 N–H and O–H groups in total. The van der Waals surface area contributed by atoms with E-state index in [9.17, 15) is 0 Å². The molecule has 1 aromatic carbocycles. The molecular formula is C19H20N2O3. The number of furan rings is 1. The maximum absolute atomic E-state index is 5.62. The van der Waals surface area contributed by atoms with Crippen LogP contribution in [0.2, 0.25) is 0 Å². The van der Waals surface area contributed by atoms with E-state index in [2.05, 4.69) is 10.5 Å². The highest BCUT2D eigenvalue weighted by Gasteiger charge is 2.39. The summed E-state index contributed by atoms with van der Waals surface area (Å²) in [5.41, 5.74) is 1.86. The lowest BCUT2D eigenvalue weighted by atomic mass is 9.91. The summed E-state index contributed by atoms with van der Waals surface area (Å²) in [6, 6.07) is 16.0. The summed E-state index contributed by atoms with van der Waals surface area (Å²) in [5.74, 6) is 2.65. The van der Waals surface area contributed by atoms with E-state index < -0.39 is 0 Å². The van der Waals surface area contributed by atoms with Gasteiger partial charge in [0.25, 0.3) is 0 Å². The molecule has 1 aliphatic rings. The zero-order valence-electron chi connectivity index (χ0n) is 13.6. The smallest absolute Gasteiger partial charge is 0.167 e. The Morgan fingerprint density at radius 1 is 1.12 bits per heavy atom. The lowest BCUT2D eigenvalue weighted by molar-refractivity contribution is -0.0761. The van der Waals surface area contributed by atoms with Gasteiger partial charge in [-0.25, -0.2) is 0 Å². The van der Waals surface area contributed by atoms with Crippen molar-refractivity contribution in [2.75, 3.05) is 13.2 Å². The van der Waals surface area contributed by atoms with E-state index in [4.69, 9.17) is 13.7 Å². The molecule has 0 atom stereocenters. The molecule has 24 heavy (non-hydrogen) atoms. The van der Waals surface area contributed by atoms with Crippen LogP contribution in [0.25, 0.3) is 11.3 Å². The monoisotopic (exact) mass is 324 g/mol. The third-order valence-electron chi connectivity index (χ3n) is 4.33. The van der Waals surface area contributed by atoms with Crippen LogP contribution in [0.1, 0.15) is 17.2 Å². The molecule has 5 heteroatoms. The number of aryl methyl sites for hydroxylation is 1. The first kappa shape index (κ1) is 15.2. The first-order chi connectivity index (χ1) is 11.7. The van der Waals surface area contributed by atoms with Gasteiger partial charge in [0.2, 0.25) is 0 Å². The summed E-state index contributed by atoms with van der Waals surface area (Å²) in [5, 5.41) is 7.78. The standard InChI is InChI=1S/C19H20N2O3/c1-14-7-8-17(23-14)11-20-19(12-22-13-19)10-16-9-18(24-21-16)15-5-3-2-4-6-15/h2-9,20H,10-13H2,1H3. The Labute approximate surface area is 140 Å². The van der Waals surface area contributed by atoms with Crippen molar-refractivity contribution < 1.29 is 13.7 Å². The zero-order chi connectivity index (χ0) is 16.4. The van der Waals surface area contributed by atoms with Gasteiger partial charge in [-0.05, 0) is 19.1 Å². The molecule has 124 valence electrons. The Morgan fingerprint density at radius 3 is 2.62 bits per heavy atom. The Balaban J connectivity index is 1.44. The Bertz CT molecular complexity index is 803. The second-order valence-corrected chi connectivity index (χ2v) is 6.36. The minimum atomic E-state index is -0.106. The topological polar surface area (TPSA) is 60.4 Å². The molecule has 0 unspecified atom stereocenters. The van der Waals surface area contributed by atoms with Crippen molar-refractivity contribution >= 4 is 0 Å². The molecule has 3 heterocycles. The molecule has 3 aromatic rings. The highest BCUT2D eigenvalue weighted by atomic mass is 16.5. The van der Waals surface area contributed by atoms with E-state index in [1.165, 1.54) is 0 Å². The van der Waals surface area contributed by atoms with E-state index in [0.717, 1.165) is 35.0 Å². The van der Waals surface area contributed by atoms with Gasteiger partial charge in [-0.15, -0.1) is 0 Å². The number of rotatable bonds is 6. The summed E-state index contributed by atoms with van der Waals surface area (Å²) >= 11 is 0. The van der Waals surface area contributed by atoms with Gasteiger partial charge >= 0.3 is 0 Å². The second kappa shape index (κ2) is 6.26. The first-order valence-electron chi connectivity index (χ1n) is 8.12. The van der Waals surface area contributed by atoms with E-state index in [1.807, 2.05) is 55.5 Å². The fourth-order valence-corrected chi connectivity index (χ4v) is 2.95. The Hall–Kier alpha value is -2.37. The van der Waals surface area contributed by atoms with Gasteiger partial charge in [-0.3, -0.25) is 5.32 Å². The summed E-state index contributed by atoms with van der Waals surface area (Å²) < 4.78 is 16.6. The van der Waals surface area contributed by atoms with E-state index in [0.29, 0.717) is 19.8 Å². The van der Waals surface area contributed by atoms with E-state index >= 15 is 0 Å². The molecular weight excluding hydrogens is 304 g/mol. The van der Waals surface area contributed by atoms with Crippen LogP contribution in [-0.2, 0) is 17.7 Å². The molecule has 1 aliphatic heterocycles. The average Bonchev–Trinajstić information content (AvgIpc) is 3.20. The van der Waals surface area contributed by atoms with E-state index in [-0.39, 0.29) is 5.54 Å². The molecule has 0 bridgehead atoms. The van der Waals surface area contributed by atoms with Crippen LogP contribution in [0.15, 0.2) is 57.5 Å². The number of hydrogen-bond acceptors (Lipinski definition) is 5. The summed E-state index contributed by atoms with van der Waals surface area (Å²) in [4.78, 5) is 0. The number of benzene rings is 1. The van der Waals surface area contributed by atoms with Gasteiger partial charge < -0.3 is 13.7 Å². The molecule has 0 amide bonds. The molecule has 4 rings (SSSR count). The van der Waals surface area contributed by atoms with Crippen LogP contribution in [0.4, 0.5) is 0 Å². The lowest BCUT2D eigenvalue weighted by Gasteiger charge is -2.41. The lowest BCUT2D eigenvalue weighted by Crippen LogP contribution is -2.61. The van der Waals surface area contributed by atoms with Crippen molar-refractivity contribution in [1.29, 1.82) is 0 Å². The quantitative estimate of drug-likeness (QED) is 0.753. The normalized spacial score (nSPS) is 16.0. The van der Waals surface area contributed by atoms with Gasteiger partial charge in [0.05, 0.1) is 31.0 Å². The van der Waals surface area contributed by atoms with Crippen molar-refractivity contribution in [2.24, 2.45) is 0 Å². The van der Waals surface area contributed by atoms with Gasteiger partial charge in [-0.1, -0.05) is 35.5 Å². The van der Waals surface area contributed by atoms with Crippen LogP contribution in [0.3, 0.4) is 0 Å². The van der Waals surface area contributed by atoms with Crippen molar-refractivity contribution in [3.8, 4) is 11.3 Å². The van der Waals surface area contributed by atoms with Gasteiger partial charge in [-0.2, -0.15) is 0 Å². The van der Waals surface area contributed by atoms with Crippen molar-refractivity contribution in [1.82, 2.24) is 10.5 Å². The van der Waals surface area contributed by atoms with Crippen molar-refractivity contribution in [3.63, 3.8) is 0 Å². The van der Waals surface area contributed by atoms with Crippen LogP contribution < -0.4 is 5.32 Å². The van der Waals surface area contributed by atoms with E-state index in [1.54, 1.807) is 0 Å². The molecule has 0 aliphatic carbocycles. The molecule has 5 nitrogen and oxygen atoms in total. The summed E-state index contributed by atoms with van der Waals surface area (Å²) in [7, 11) is 0. The third-order valence-corrected chi connectivity index (χ3v) is 4.33. The van der Waals surface area contributed by atoms with Gasteiger partial charge in [0.15, 0.2) is 5.76 Å². The van der Waals surface area contributed by atoms with Crippen molar-refractivity contribution in [3.05, 3.63) is 65.7 Å². The molecule has 1 fully saturated rings. The molecule has 0 saturated carbocycles. The number of nitrogens with one attached hydrogen (secondary N) is 1. The van der Waals surface area contributed by atoms with Crippen LogP contribution in [0, 0.1) is 6.92 Å². The van der Waals surface area contributed by atoms with Crippen LogP contribution in [-0.4, -0.2) is 23.9 Å². The Kier molecular flexibility index (Phi) is 3.96. The molecule has 0 spiro atoms. The van der Waals surface area contributed by atoms with Gasteiger partial charge in [0, 0.05) is 18.1 Å². The highest BCUT2D eigenvalue weighted by molar-refractivity contribution is 5.56. The van der Waals surface area contributed by atoms with Crippen LogP contribution >= 0.6 is 0 Å². The SMILES string of the molecule is Cc1ccc(CNC2(Cc3cc(-c4ccccc4)on3)COC2)o1. The molecule has 0 radical (unpaired) electrons. The molecule has 1 saturated heterocycles. The minimum absolute atomic E-state index is 0.106. The largest absolute Gasteiger partial charge is 0.465 e. The highest BCUT2D eigenvalue weighted by Crippen LogP contribution is 2.26. The minimum Gasteiger partial charge on any atom is -0.465 e. The fraction of sp³-hybridized carbons (Fsp3) is 0.316. The average molecular weight is 324 g/mol. The van der Waals surface area contributed by atoms with Gasteiger partial charge in [0.1, 0.15) is 11.5 Å². The summed E-state index contributed by atoms with van der Waals surface area (Å²) in [6.07, 6.45) is 0.767. The number of ether oxygens (including phenoxy) is 1. The predicted octanol–water partition coefficient (Wildman–Crippen LogP) is 3.34. The molecule has 2 aromatic heterocycles. The maximum atomic E-state index is 5.62. The fourth-order valence-electron chi connectivity index (χ4n) is 2.95. The maximum Gasteiger partial charge on any atom is 0.167 e. The Morgan fingerprint density at radius 2 is 1.96 bits per heavy atom. The first-order valence-corrected chi connectivity index (χ1v) is 8.12. The third kappa shape index (κ3) is 3.13. The number of nitrogens with zero attached hydrogens (tertiary/aromatic N) is 1.